The molecule has 2 heterocycles. The van der Waals surface area contributed by atoms with Crippen molar-refractivity contribution >= 4 is 5.78 Å². The number of nitrogens with zero attached hydrogens (tertiary/aromatic N) is 1. The predicted octanol–water partition coefficient (Wildman–Crippen LogP) is 2.00. The highest BCUT2D eigenvalue weighted by molar-refractivity contribution is 5.97. The highest BCUT2D eigenvalue weighted by atomic mass is 16.5. The van der Waals surface area contributed by atoms with Crippen LogP contribution < -0.4 is 0 Å². The van der Waals surface area contributed by atoms with E-state index in [-0.39, 0.29) is 5.78 Å². The van der Waals surface area contributed by atoms with Crippen LogP contribution in [0.15, 0.2) is 18.5 Å². The van der Waals surface area contributed by atoms with Crippen LogP contribution in [0.25, 0.3) is 0 Å². The molecular weight excluding hydrogens is 190 g/mol. The first-order valence-electron chi connectivity index (χ1n) is 5.29. The van der Waals surface area contributed by atoms with Crippen molar-refractivity contribution in [1.29, 1.82) is 0 Å². The number of hydrogen-bond donors (Lipinski definition) is 0. The van der Waals surface area contributed by atoms with Gasteiger partial charge < -0.3 is 4.74 Å². The summed E-state index contributed by atoms with van der Waals surface area (Å²) in [5.74, 6) is 0.621. The van der Waals surface area contributed by atoms with Gasteiger partial charge in [-0.1, -0.05) is 0 Å². The monoisotopic (exact) mass is 205 g/mol. The van der Waals surface area contributed by atoms with E-state index in [9.17, 15) is 4.79 Å². The number of ketones is 1. The molecule has 2 rings (SSSR count). The molecule has 1 fully saturated rings. The third-order valence-electron chi connectivity index (χ3n) is 2.82. The molecule has 0 radical (unpaired) electrons. The van der Waals surface area contributed by atoms with E-state index < -0.39 is 0 Å². The lowest BCUT2D eigenvalue weighted by molar-refractivity contribution is 0.0952. The molecule has 0 bridgehead atoms. The highest BCUT2D eigenvalue weighted by Crippen LogP contribution is 2.19. The molecule has 1 aliphatic rings. The van der Waals surface area contributed by atoms with Gasteiger partial charge >= 0.3 is 0 Å². The minimum atomic E-state index is 0.213. The Kier molecular flexibility index (Phi) is 3.11. The zero-order chi connectivity index (χ0) is 10.7. The zero-order valence-electron chi connectivity index (χ0n) is 8.90. The van der Waals surface area contributed by atoms with Gasteiger partial charge in [-0.3, -0.25) is 9.78 Å². The van der Waals surface area contributed by atoms with E-state index >= 15 is 0 Å². The Balaban J connectivity index is 2.04. The average Bonchev–Trinajstić information content (AvgIpc) is 2.71. The molecule has 80 valence electrons. The van der Waals surface area contributed by atoms with Crippen LogP contribution in [0.3, 0.4) is 0 Å². The summed E-state index contributed by atoms with van der Waals surface area (Å²) >= 11 is 0. The van der Waals surface area contributed by atoms with Gasteiger partial charge in [0.25, 0.3) is 0 Å². The van der Waals surface area contributed by atoms with E-state index in [2.05, 4.69) is 4.98 Å². The van der Waals surface area contributed by atoms with Crippen molar-refractivity contribution in [2.75, 3.05) is 13.2 Å². The lowest BCUT2D eigenvalue weighted by Crippen LogP contribution is -2.10. The van der Waals surface area contributed by atoms with E-state index in [1.807, 2.05) is 6.92 Å². The normalized spacial score (nSPS) is 20.5. The predicted molar refractivity (Wildman–Crippen MR) is 56.8 cm³/mol. The summed E-state index contributed by atoms with van der Waals surface area (Å²) < 4.78 is 5.26. The lowest BCUT2D eigenvalue weighted by Gasteiger charge is -2.07. The molecule has 0 aliphatic carbocycles. The number of aryl methyl sites for hydroxylation is 1. The molecular formula is C12H15NO2. The SMILES string of the molecule is Cc1cnccc1C(=O)CC1CCOC1. The van der Waals surface area contributed by atoms with Crippen molar-refractivity contribution in [1.82, 2.24) is 4.98 Å². The summed E-state index contributed by atoms with van der Waals surface area (Å²) in [6.07, 6.45) is 5.02. The van der Waals surface area contributed by atoms with Gasteiger partial charge in [-0.05, 0) is 30.9 Å². The van der Waals surface area contributed by atoms with Crippen LogP contribution in [-0.2, 0) is 4.74 Å². The van der Waals surface area contributed by atoms with Crippen LogP contribution in [0.5, 0.6) is 0 Å². The molecule has 1 atom stereocenters. The van der Waals surface area contributed by atoms with Gasteiger partial charge in [-0.2, -0.15) is 0 Å². The van der Waals surface area contributed by atoms with Crippen LogP contribution in [0.4, 0.5) is 0 Å². The standard InChI is InChI=1S/C12H15NO2/c1-9-7-13-4-2-11(9)12(14)6-10-3-5-15-8-10/h2,4,7,10H,3,5-6,8H2,1H3. The molecule has 0 aromatic carbocycles. The lowest BCUT2D eigenvalue weighted by atomic mass is 9.96. The van der Waals surface area contributed by atoms with Gasteiger partial charge in [0.15, 0.2) is 5.78 Å². The highest BCUT2D eigenvalue weighted by Gasteiger charge is 2.20. The van der Waals surface area contributed by atoms with Crippen molar-refractivity contribution in [2.24, 2.45) is 5.92 Å². The summed E-state index contributed by atoms with van der Waals surface area (Å²) in [7, 11) is 0. The van der Waals surface area contributed by atoms with E-state index in [0.717, 1.165) is 30.8 Å². The summed E-state index contributed by atoms with van der Waals surface area (Å²) in [5, 5.41) is 0. The zero-order valence-corrected chi connectivity index (χ0v) is 8.90. The number of carbonyl (C=O) groups is 1. The average molecular weight is 205 g/mol. The first kappa shape index (κ1) is 10.3. The van der Waals surface area contributed by atoms with Gasteiger partial charge in [0.1, 0.15) is 0 Å². The van der Waals surface area contributed by atoms with Gasteiger partial charge in [0.2, 0.25) is 0 Å². The van der Waals surface area contributed by atoms with Gasteiger partial charge in [-0.25, -0.2) is 0 Å². The fourth-order valence-electron chi connectivity index (χ4n) is 1.90. The van der Waals surface area contributed by atoms with Crippen molar-refractivity contribution in [3.63, 3.8) is 0 Å². The Bertz CT molecular complexity index is 356. The Labute approximate surface area is 89.5 Å². The van der Waals surface area contributed by atoms with E-state index in [4.69, 9.17) is 4.74 Å². The first-order valence-corrected chi connectivity index (χ1v) is 5.29. The Morgan fingerprint density at radius 1 is 1.67 bits per heavy atom. The molecule has 1 aromatic rings. The van der Waals surface area contributed by atoms with Crippen molar-refractivity contribution in [2.45, 2.75) is 19.8 Å². The largest absolute Gasteiger partial charge is 0.381 e. The molecule has 1 aliphatic heterocycles. The maximum absolute atomic E-state index is 11.9. The minimum Gasteiger partial charge on any atom is -0.381 e. The number of aromatic nitrogens is 1. The van der Waals surface area contributed by atoms with Crippen LogP contribution in [-0.4, -0.2) is 24.0 Å². The number of rotatable bonds is 3. The fraction of sp³-hybridized carbons (Fsp3) is 0.500. The molecule has 0 N–H and O–H groups in total. The van der Waals surface area contributed by atoms with Gasteiger partial charge in [0.05, 0.1) is 0 Å². The summed E-state index contributed by atoms with van der Waals surface area (Å²) in [6.45, 7) is 3.45. The Morgan fingerprint density at radius 3 is 3.20 bits per heavy atom. The third kappa shape index (κ3) is 2.42. The van der Waals surface area contributed by atoms with E-state index in [1.165, 1.54) is 0 Å². The number of pyridine rings is 1. The molecule has 1 saturated heterocycles. The van der Waals surface area contributed by atoms with Crippen molar-refractivity contribution in [3.8, 4) is 0 Å². The quantitative estimate of drug-likeness (QED) is 0.708. The molecule has 0 amide bonds. The maximum Gasteiger partial charge on any atom is 0.163 e. The second-order valence-electron chi connectivity index (χ2n) is 4.05. The van der Waals surface area contributed by atoms with E-state index in [1.54, 1.807) is 18.5 Å². The number of hydrogen-bond acceptors (Lipinski definition) is 3. The molecule has 15 heavy (non-hydrogen) atoms. The second-order valence-corrected chi connectivity index (χ2v) is 4.05. The first-order chi connectivity index (χ1) is 7.27. The van der Waals surface area contributed by atoms with E-state index in [0.29, 0.717) is 12.3 Å². The molecule has 1 unspecified atom stereocenters. The fourth-order valence-corrected chi connectivity index (χ4v) is 1.90. The number of carbonyl (C=O) groups excluding carboxylic acids is 1. The molecule has 3 heteroatoms. The van der Waals surface area contributed by atoms with Gasteiger partial charge in [-0.15, -0.1) is 0 Å². The van der Waals surface area contributed by atoms with Crippen LogP contribution >= 0.6 is 0 Å². The van der Waals surface area contributed by atoms with Crippen LogP contribution in [0, 0.1) is 12.8 Å². The topological polar surface area (TPSA) is 39.2 Å². The smallest absolute Gasteiger partial charge is 0.163 e. The molecule has 1 aromatic heterocycles. The Morgan fingerprint density at radius 2 is 2.53 bits per heavy atom. The maximum atomic E-state index is 11.9. The molecule has 0 saturated carbocycles. The van der Waals surface area contributed by atoms with Crippen molar-refractivity contribution < 1.29 is 9.53 Å². The van der Waals surface area contributed by atoms with Gasteiger partial charge in [0, 0.05) is 37.6 Å². The van der Waals surface area contributed by atoms with Crippen LogP contribution in [0.2, 0.25) is 0 Å². The molecule has 3 nitrogen and oxygen atoms in total. The summed E-state index contributed by atoms with van der Waals surface area (Å²) in [5.41, 5.74) is 1.76. The minimum absolute atomic E-state index is 0.213. The number of ether oxygens (including phenoxy) is 1. The third-order valence-corrected chi connectivity index (χ3v) is 2.82. The van der Waals surface area contributed by atoms with Crippen LogP contribution in [0.1, 0.15) is 28.8 Å². The Hall–Kier alpha value is -1.22. The number of Topliss-reactive ketones (excluding diaryl/α,β-unsaturated/α-hetero) is 1. The summed E-state index contributed by atoms with van der Waals surface area (Å²) in [6, 6.07) is 1.80. The second kappa shape index (κ2) is 4.53. The van der Waals surface area contributed by atoms with Crippen molar-refractivity contribution in [3.05, 3.63) is 29.6 Å². The summed E-state index contributed by atoms with van der Waals surface area (Å²) in [4.78, 5) is 15.9. The molecule has 0 spiro atoms.